The van der Waals surface area contributed by atoms with Gasteiger partial charge >= 0.3 is 0 Å². The number of likely N-dealkylation sites (tertiary alicyclic amines) is 1. The molecule has 0 radical (unpaired) electrons. The van der Waals surface area contributed by atoms with Crippen LogP contribution in [0.3, 0.4) is 0 Å². The number of ketones is 1. The standard InChI is InChI=1S/C21H21NO6/c1-2-28-16-9-5-14(6-10-16)19(25)17-18(13-3-7-15(24)8-4-13)22(11-12-23)21(27)20(17)26/h3-10,18,23-25H,2,11-12H2,1H3/b19-17+. The Kier molecular flexibility index (Phi) is 5.65. The van der Waals surface area contributed by atoms with E-state index in [-0.39, 0.29) is 30.2 Å². The molecule has 0 aliphatic carbocycles. The molecule has 1 atom stereocenters. The van der Waals surface area contributed by atoms with Crippen LogP contribution >= 0.6 is 0 Å². The summed E-state index contributed by atoms with van der Waals surface area (Å²) in [4.78, 5) is 26.4. The van der Waals surface area contributed by atoms with E-state index in [2.05, 4.69) is 0 Å². The van der Waals surface area contributed by atoms with E-state index >= 15 is 0 Å². The molecule has 7 heteroatoms. The molecule has 1 fully saturated rings. The second-order valence-electron chi connectivity index (χ2n) is 6.27. The Hall–Kier alpha value is -3.32. The zero-order chi connectivity index (χ0) is 20.3. The van der Waals surface area contributed by atoms with Gasteiger partial charge in [-0.05, 0) is 48.9 Å². The minimum atomic E-state index is -0.862. The highest BCUT2D eigenvalue weighted by atomic mass is 16.5. The van der Waals surface area contributed by atoms with Crippen LogP contribution in [-0.4, -0.2) is 51.7 Å². The van der Waals surface area contributed by atoms with Crippen molar-refractivity contribution < 1.29 is 29.6 Å². The second kappa shape index (κ2) is 8.14. The zero-order valence-corrected chi connectivity index (χ0v) is 15.3. The van der Waals surface area contributed by atoms with Crippen molar-refractivity contribution in [3.63, 3.8) is 0 Å². The number of hydrogen-bond acceptors (Lipinski definition) is 6. The van der Waals surface area contributed by atoms with Crippen molar-refractivity contribution >= 4 is 17.4 Å². The number of benzene rings is 2. The molecular formula is C21H21NO6. The summed E-state index contributed by atoms with van der Waals surface area (Å²) in [7, 11) is 0. The Morgan fingerprint density at radius 3 is 2.29 bits per heavy atom. The van der Waals surface area contributed by atoms with Crippen LogP contribution in [0.2, 0.25) is 0 Å². The van der Waals surface area contributed by atoms with Crippen molar-refractivity contribution in [2.45, 2.75) is 13.0 Å². The lowest BCUT2D eigenvalue weighted by Gasteiger charge is -2.24. The molecule has 146 valence electrons. The largest absolute Gasteiger partial charge is 0.508 e. The van der Waals surface area contributed by atoms with Gasteiger partial charge in [0.05, 0.1) is 24.8 Å². The number of rotatable bonds is 6. The number of amides is 1. The Morgan fingerprint density at radius 1 is 1.07 bits per heavy atom. The fraction of sp³-hybridized carbons (Fsp3) is 0.238. The topological polar surface area (TPSA) is 107 Å². The summed E-state index contributed by atoms with van der Waals surface area (Å²) >= 11 is 0. The minimum absolute atomic E-state index is 0.0365. The summed E-state index contributed by atoms with van der Waals surface area (Å²) in [6.07, 6.45) is 0. The maximum absolute atomic E-state index is 12.7. The van der Waals surface area contributed by atoms with Crippen LogP contribution in [0.1, 0.15) is 24.1 Å². The first-order chi connectivity index (χ1) is 13.5. The average molecular weight is 383 g/mol. The molecule has 1 amide bonds. The van der Waals surface area contributed by atoms with E-state index in [0.29, 0.717) is 23.5 Å². The van der Waals surface area contributed by atoms with Gasteiger partial charge in [0, 0.05) is 12.1 Å². The molecule has 1 aliphatic rings. The van der Waals surface area contributed by atoms with Crippen LogP contribution < -0.4 is 4.74 Å². The molecule has 3 N–H and O–H groups in total. The lowest BCUT2D eigenvalue weighted by Crippen LogP contribution is -2.32. The number of aromatic hydroxyl groups is 1. The maximum atomic E-state index is 12.7. The van der Waals surface area contributed by atoms with Crippen molar-refractivity contribution in [2.24, 2.45) is 0 Å². The Bertz CT molecular complexity index is 901. The zero-order valence-electron chi connectivity index (χ0n) is 15.3. The van der Waals surface area contributed by atoms with E-state index in [0.717, 1.165) is 0 Å². The molecule has 7 nitrogen and oxygen atoms in total. The second-order valence-corrected chi connectivity index (χ2v) is 6.27. The summed E-state index contributed by atoms with van der Waals surface area (Å²) in [5.74, 6) is -1.26. The van der Waals surface area contributed by atoms with Crippen LogP contribution in [0.4, 0.5) is 0 Å². The van der Waals surface area contributed by atoms with Gasteiger partial charge in [-0.1, -0.05) is 12.1 Å². The number of ether oxygens (including phenoxy) is 1. The number of carbonyl (C=O) groups is 2. The third kappa shape index (κ3) is 3.57. The van der Waals surface area contributed by atoms with Gasteiger partial charge in [-0.25, -0.2) is 0 Å². The number of β-amino-alcohol motifs (C(OH)–C–C–N with tert-alkyl or cyclic N) is 1. The van der Waals surface area contributed by atoms with Crippen molar-refractivity contribution in [3.8, 4) is 11.5 Å². The van der Waals surface area contributed by atoms with Gasteiger partial charge in [0.25, 0.3) is 11.7 Å². The van der Waals surface area contributed by atoms with Crippen LogP contribution in [0, 0.1) is 0 Å². The lowest BCUT2D eigenvalue weighted by molar-refractivity contribution is -0.140. The fourth-order valence-corrected chi connectivity index (χ4v) is 3.25. The Morgan fingerprint density at radius 2 is 1.71 bits per heavy atom. The van der Waals surface area contributed by atoms with Gasteiger partial charge in [-0.15, -0.1) is 0 Å². The quantitative estimate of drug-likeness (QED) is 0.401. The third-order valence-electron chi connectivity index (χ3n) is 4.53. The smallest absolute Gasteiger partial charge is 0.295 e. The molecular weight excluding hydrogens is 362 g/mol. The molecule has 2 aromatic carbocycles. The van der Waals surface area contributed by atoms with E-state index in [1.165, 1.54) is 17.0 Å². The van der Waals surface area contributed by atoms with Crippen molar-refractivity contribution in [3.05, 3.63) is 65.2 Å². The first-order valence-corrected chi connectivity index (χ1v) is 8.89. The number of phenols is 1. The maximum Gasteiger partial charge on any atom is 0.295 e. The minimum Gasteiger partial charge on any atom is -0.508 e. The van der Waals surface area contributed by atoms with Crippen LogP contribution in [0.25, 0.3) is 5.76 Å². The van der Waals surface area contributed by atoms with Crippen molar-refractivity contribution in [1.29, 1.82) is 0 Å². The Balaban J connectivity index is 2.10. The number of Topliss-reactive ketones (excluding diaryl/α,β-unsaturated/α-hetero) is 1. The molecule has 1 heterocycles. The summed E-state index contributed by atoms with van der Waals surface area (Å²) in [6.45, 7) is 1.97. The van der Waals surface area contributed by atoms with Crippen LogP contribution in [0.5, 0.6) is 11.5 Å². The predicted octanol–water partition coefficient (Wildman–Crippen LogP) is 2.20. The van der Waals surface area contributed by atoms with Gasteiger partial charge in [0.1, 0.15) is 17.3 Å². The Labute approximate surface area is 162 Å². The highest BCUT2D eigenvalue weighted by Crippen LogP contribution is 2.39. The normalized spacial score (nSPS) is 18.5. The lowest BCUT2D eigenvalue weighted by atomic mass is 9.95. The van der Waals surface area contributed by atoms with E-state index < -0.39 is 17.7 Å². The molecule has 0 aromatic heterocycles. The number of nitrogens with zero attached hydrogens (tertiary/aromatic N) is 1. The highest BCUT2D eigenvalue weighted by Gasteiger charge is 2.45. The van der Waals surface area contributed by atoms with E-state index in [4.69, 9.17) is 4.74 Å². The summed E-state index contributed by atoms with van der Waals surface area (Å²) in [6, 6.07) is 11.7. The number of carbonyl (C=O) groups excluding carboxylic acids is 2. The summed E-state index contributed by atoms with van der Waals surface area (Å²) in [5, 5.41) is 29.7. The number of aliphatic hydroxyl groups excluding tert-OH is 2. The first-order valence-electron chi connectivity index (χ1n) is 8.89. The molecule has 2 aromatic rings. The molecule has 1 unspecified atom stereocenters. The average Bonchev–Trinajstić information content (AvgIpc) is 2.94. The molecule has 0 bridgehead atoms. The van der Waals surface area contributed by atoms with Crippen molar-refractivity contribution in [1.82, 2.24) is 4.90 Å². The van der Waals surface area contributed by atoms with Crippen LogP contribution in [0.15, 0.2) is 54.1 Å². The van der Waals surface area contributed by atoms with Gasteiger partial charge in [0.15, 0.2) is 0 Å². The van der Waals surface area contributed by atoms with Crippen LogP contribution in [-0.2, 0) is 9.59 Å². The number of hydrogen-bond donors (Lipinski definition) is 3. The number of phenolic OH excluding ortho intramolecular Hbond substituents is 1. The molecule has 0 saturated carbocycles. The summed E-state index contributed by atoms with van der Waals surface area (Å²) in [5.41, 5.74) is 0.848. The van der Waals surface area contributed by atoms with Gasteiger partial charge in [-0.2, -0.15) is 0 Å². The van der Waals surface area contributed by atoms with Gasteiger partial charge in [-0.3, -0.25) is 9.59 Å². The SMILES string of the molecule is CCOc1ccc(/C(O)=C2\C(=O)C(=O)N(CCO)C2c2ccc(O)cc2)cc1. The summed E-state index contributed by atoms with van der Waals surface area (Å²) < 4.78 is 5.38. The predicted molar refractivity (Wildman–Crippen MR) is 102 cm³/mol. The highest BCUT2D eigenvalue weighted by molar-refractivity contribution is 6.46. The third-order valence-corrected chi connectivity index (χ3v) is 4.53. The van der Waals surface area contributed by atoms with Gasteiger partial charge < -0.3 is 25.0 Å². The fourth-order valence-electron chi connectivity index (χ4n) is 3.25. The first kappa shape index (κ1) is 19.4. The molecule has 28 heavy (non-hydrogen) atoms. The molecule has 3 rings (SSSR count). The van der Waals surface area contributed by atoms with E-state index in [1.807, 2.05) is 6.92 Å². The van der Waals surface area contributed by atoms with Gasteiger partial charge in [0.2, 0.25) is 0 Å². The molecule has 1 saturated heterocycles. The molecule has 0 spiro atoms. The monoisotopic (exact) mass is 383 g/mol. The molecule has 1 aliphatic heterocycles. The van der Waals surface area contributed by atoms with Crippen molar-refractivity contribution in [2.75, 3.05) is 19.8 Å². The van der Waals surface area contributed by atoms with E-state index in [9.17, 15) is 24.9 Å². The van der Waals surface area contributed by atoms with E-state index in [1.54, 1.807) is 36.4 Å². The number of aliphatic hydroxyl groups is 2.